The molecule has 1 aromatic heterocycles. The lowest BCUT2D eigenvalue weighted by Gasteiger charge is -2.27. The third-order valence-electron chi connectivity index (χ3n) is 3.27. The molecule has 19 heavy (non-hydrogen) atoms. The second-order valence-electron chi connectivity index (χ2n) is 4.60. The lowest BCUT2D eigenvalue weighted by Crippen LogP contribution is -2.37. The van der Waals surface area contributed by atoms with Gasteiger partial charge in [0, 0.05) is 25.9 Å². The summed E-state index contributed by atoms with van der Waals surface area (Å²) in [5.74, 6) is 0.667. The fourth-order valence-electron chi connectivity index (χ4n) is 2.19. The minimum Gasteiger partial charge on any atom is -0.460 e. The van der Waals surface area contributed by atoms with Gasteiger partial charge in [0.25, 0.3) is 0 Å². The largest absolute Gasteiger partial charge is 0.460 e. The van der Waals surface area contributed by atoms with Crippen LogP contribution in [0.2, 0.25) is 0 Å². The van der Waals surface area contributed by atoms with Crippen LogP contribution in [0.1, 0.15) is 12.8 Å². The van der Waals surface area contributed by atoms with E-state index in [-0.39, 0.29) is 6.10 Å². The normalized spacial score (nSPS) is 21.4. The van der Waals surface area contributed by atoms with E-state index in [0.29, 0.717) is 25.2 Å². The van der Waals surface area contributed by atoms with Gasteiger partial charge in [0.2, 0.25) is 5.95 Å². The van der Waals surface area contributed by atoms with Gasteiger partial charge in [-0.2, -0.15) is 9.97 Å². The molecule has 0 bridgehead atoms. The maximum atomic E-state index is 5.79. The molecule has 1 aromatic rings. The maximum absolute atomic E-state index is 5.79. The molecule has 7 nitrogen and oxygen atoms in total. The number of nitrogens with zero attached hydrogens (tertiary/aromatic N) is 4. The van der Waals surface area contributed by atoms with Crippen molar-refractivity contribution >= 4 is 5.95 Å². The van der Waals surface area contributed by atoms with Crippen LogP contribution in [0.5, 0.6) is 6.01 Å². The minimum absolute atomic E-state index is 0.147. The Kier molecular flexibility index (Phi) is 4.04. The third kappa shape index (κ3) is 3.30. The van der Waals surface area contributed by atoms with Gasteiger partial charge in [0.15, 0.2) is 0 Å². The second-order valence-corrected chi connectivity index (χ2v) is 4.60. The van der Waals surface area contributed by atoms with Crippen molar-refractivity contribution in [2.45, 2.75) is 18.9 Å². The summed E-state index contributed by atoms with van der Waals surface area (Å²) in [5.41, 5.74) is 0. The van der Waals surface area contributed by atoms with Crippen LogP contribution < -0.4 is 9.64 Å². The van der Waals surface area contributed by atoms with Crippen LogP contribution in [0.4, 0.5) is 5.95 Å². The Morgan fingerprint density at radius 2 is 1.79 bits per heavy atom. The molecule has 0 radical (unpaired) electrons. The van der Waals surface area contributed by atoms with E-state index < -0.39 is 0 Å². The number of ether oxygens (including phenoxy) is 3. The highest BCUT2D eigenvalue weighted by Gasteiger charge is 2.18. The highest BCUT2D eigenvalue weighted by molar-refractivity contribution is 5.29. The summed E-state index contributed by atoms with van der Waals surface area (Å²) in [5, 5.41) is 0. The van der Waals surface area contributed by atoms with E-state index in [0.717, 1.165) is 39.1 Å². The molecule has 0 N–H and O–H groups in total. The SMILES string of the molecule is c1nc(OC2CCOCC2)nc(N2CCOCC2)n1. The van der Waals surface area contributed by atoms with Crippen molar-refractivity contribution < 1.29 is 14.2 Å². The van der Waals surface area contributed by atoms with Crippen molar-refractivity contribution in [1.82, 2.24) is 15.0 Å². The first-order chi connectivity index (χ1) is 9.42. The summed E-state index contributed by atoms with van der Waals surface area (Å²) in [6, 6.07) is 0.406. The van der Waals surface area contributed by atoms with Crippen LogP contribution in [0.15, 0.2) is 6.33 Å². The van der Waals surface area contributed by atoms with E-state index in [1.54, 1.807) is 0 Å². The van der Waals surface area contributed by atoms with Crippen LogP contribution in [0.25, 0.3) is 0 Å². The summed E-state index contributed by atoms with van der Waals surface area (Å²) < 4.78 is 16.4. The first-order valence-corrected chi connectivity index (χ1v) is 6.68. The van der Waals surface area contributed by atoms with Crippen LogP contribution in [0.3, 0.4) is 0 Å². The first kappa shape index (κ1) is 12.6. The Hall–Kier alpha value is -1.47. The van der Waals surface area contributed by atoms with E-state index in [2.05, 4.69) is 19.9 Å². The molecule has 0 spiro atoms. The van der Waals surface area contributed by atoms with Gasteiger partial charge < -0.3 is 19.1 Å². The molecule has 0 saturated carbocycles. The Bertz CT molecular complexity index is 406. The van der Waals surface area contributed by atoms with Crippen molar-refractivity contribution in [2.75, 3.05) is 44.4 Å². The molecule has 0 atom stereocenters. The standard InChI is InChI=1S/C12H18N4O3/c1-5-17-6-2-10(1)19-12-14-9-13-11(15-12)16-3-7-18-8-4-16/h9-10H,1-8H2. The average molecular weight is 266 g/mol. The molecule has 2 aliphatic rings. The van der Waals surface area contributed by atoms with Gasteiger partial charge in [-0.25, -0.2) is 4.98 Å². The van der Waals surface area contributed by atoms with Gasteiger partial charge in [-0.3, -0.25) is 0 Å². The van der Waals surface area contributed by atoms with Gasteiger partial charge >= 0.3 is 6.01 Å². The summed E-state index contributed by atoms with van der Waals surface area (Å²) >= 11 is 0. The fraction of sp³-hybridized carbons (Fsp3) is 0.750. The van der Waals surface area contributed by atoms with Crippen molar-refractivity contribution in [2.24, 2.45) is 0 Å². The quantitative estimate of drug-likeness (QED) is 0.777. The van der Waals surface area contributed by atoms with Crippen LogP contribution in [-0.4, -0.2) is 60.6 Å². The van der Waals surface area contributed by atoms with Crippen molar-refractivity contribution in [1.29, 1.82) is 0 Å². The average Bonchev–Trinajstić information content (AvgIpc) is 2.49. The van der Waals surface area contributed by atoms with Gasteiger partial charge in [0.05, 0.1) is 26.4 Å². The van der Waals surface area contributed by atoms with E-state index in [4.69, 9.17) is 14.2 Å². The summed E-state index contributed by atoms with van der Waals surface area (Å²) in [7, 11) is 0. The lowest BCUT2D eigenvalue weighted by atomic mass is 10.2. The van der Waals surface area contributed by atoms with E-state index >= 15 is 0 Å². The van der Waals surface area contributed by atoms with E-state index in [9.17, 15) is 0 Å². The van der Waals surface area contributed by atoms with E-state index in [1.165, 1.54) is 6.33 Å². The highest BCUT2D eigenvalue weighted by Crippen LogP contribution is 2.16. The maximum Gasteiger partial charge on any atom is 0.321 e. The lowest BCUT2D eigenvalue weighted by molar-refractivity contribution is 0.0216. The van der Waals surface area contributed by atoms with Crippen molar-refractivity contribution in [3.63, 3.8) is 0 Å². The van der Waals surface area contributed by atoms with Gasteiger partial charge in [-0.1, -0.05) is 0 Å². The van der Waals surface area contributed by atoms with Crippen LogP contribution in [0, 0.1) is 0 Å². The minimum atomic E-state index is 0.147. The predicted octanol–water partition coefficient (Wildman–Crippen LogP) is 0.266. The number of hydrogen-bond acceptors (Lipinski definition) is 7. The molecule has 3 rings (SSSR count). The van der Waals surface area contributed by atoms with Gasteiger partial charge in [-0.15, -0.1) is 0 Å². The molecule has 3 heterocycles. The fourth-order valence-corrected chi connectivity index (χ4v) is 2.19. The smallest absolute Gasteiger partial charge is 0.321 e. The third-order valence-corrected chi connectivity index (χ3v) is 3.27. The predicted molar refractivity (Wildman–Crippen MR) is 67.3 cm³/mol. The molecule has 104 valence electrons. The molecule has 2 fully saturated rings. The molecule has 0 aromatic carbocycles. The molecule has 0 unspecified atom stereocenters. The van der Waals surface area contributed by atoms with Crippen molar-refractivity contribution in [3.8, 4) is 6.01 Å². The van der Waals surface area contributed by atoms with E-state index in [1.807, 2.05) is 0 Å². The number of rotatable bonds is 3. The van der Waals surface area contributed by atoms with Gasteiger partial charge in [0.1, 0.15) is 12.4 Å². The Morgan fingerprint density at radius 1 is 1.05 bits per heavy atom. The topological polar surface area (TPSA) is 69.6 Å². The number of hydrogen-bond donors (Lipinski definition) is 0. The monoisotopic (exact) mass is 266 g/mol. The zero-order valence-corrected chi connectivity index (χ0v) is 10.8. The highest BCUT2D eigenvalue weighted by atomic mass is 16.5. The van der Waals surface area contributed by atoms with Crippen molar-refractivity contribution in [3.05, 3.63) is 6.33 Å². The molecule has 2 saturated heterocycles. The van der Waals surface area contributed by atoms with Crippen LogP contribution in [-0.2, 0) is 9.47 Å². The zero-order valence-electron chi connectivity index (χ0n) is 10.8. The van der Waals surface area contributed by atoms with Gasteiger partial charge in [-0.05, 0) is 0 Å². The molecule has 0 aliphatic carbocycles. The Morgan fingerprint density at radius 3 is 2.58 bits per heavy atom. The summed E-state index contributed by atoms with van der Waals surface area (Å²) in [6.45, 7) is 4.52. The molecule has 0 amide bonds. The number of morpholine rings is 1. The molecule has 2 aliphatic heterocycles. The second kappa shape index (κ2) is 6.12. The summed E-state index contributed by atoms with van der Waals surface area (Å²) in [4.78, 5) is 14.7. The Labute approximate surface area is 111 Å². The van der Waals surface area contributed by atoms with Crippen LogP contribution >= 0.6 is 0 Å². The zero-order chi connectivity index (χ0) is 12.9. The number of aromatic nitrogens is 3. The molecular weight excluding hydrogens is 248 g/mol. The summed E-state index contributed by atoms with van der Waals surface area (Å²) in [6.07, 6.45) is 3.43. The number of anilines is 1. The first-order valence-electron chi connectivity index (χ1n) is 6.68. The Balaban J connectivity index is 1.64. The molecular formula is C12H18N4O3. The molecule has 7 heteroatoms.